The molecule has 2 unspecified atom stereocenters. The zero-order valence-corrected chi connectivity index (χ0v) is 26.0. The first-order chi connectivity index (χ1) is 17.0. The Bertz CT molecular complexity index is 744. The number of allylic oxidation sites excluding steroid dienone is 4. The first-order valence-corrected chi connectivity index (χ1v) is 16.3. The summed E-state index contributed by atoms with van der Waals surface area (Å²) in [5, 5.41) is 2.91. The normalized spacial score (nSPS) is 25.9. The number of piperidine rings is 1. The maximum absolute atomic E-state index is 12.2. The van der Waals surface area contributed by atoms with E-state index in [1.165, 1.54) is 38.5 Å². The average Bonchev–Trinajstić information content (AvgIpc) is 2.86. The van der Waals surface area contributed by atoms with E-state index in [0.717, 1.165) is 43.7 Å². The Morgan fingerprint density at radius 2 is 1.64 bits per heavy atom. The molecule has 2 aliphatic carbocycles. The van der Waals surface area contributed by atoms with Gasteiger partial charge in [-0.25, -0.2) is 4.31 Å². The highest BCUT2D eigenvalue weighted by atomic mass is 32.2. The lowest BCUT2D eigenvalue weighted by molar-refractivity contribution is -0.130. The van der Waals surface area contributed by atoms with Gasteiger partial charge in [-0.15, -0.1) is 0 Å². The van der Waals surface area contributed by atoms with Crippen molar-refractivity contribution in [1.29, 1.82) is 0 Å². The van der Waals surface area contributed by atoms with Crippen LogP contribution in [0.25, 0.3) is 0 Å². The zero-order chi connectivity index (χ0) is 27.7. The van der Waals surface area contributed by atoms with Crippen LogP contribution in [0.4, 0.5) is 0 Å². The molecule has 3 aliphatic rings. The quantitative estimate of drug-likeness (QED) is 0.416. The SMILES string of the molecule is C=S(=O)(CNC)N1CCC(N(C)C(C)=O)CC1.CC.CC1C=C(C2CCC(C)CC2)C=CC1.CCC. The summed E-state index contributed by atoms with van der Waals surface area (Å²) >= 11 is 0. The lowest BCUT2D eigenvalue weighted by Crippen LogP contribution is -2.48. The van der Waals surface area contributed by atoms with Gasteiger partial charge in [-0.1, -0.05) is 79.0 Å². The van der Waals surface area contributed by atoms with E-state index in [4.69, 9.17) is 0 Å². The molecule has 0 aromatic carbocycles. The van der Waals surface area contributed by atoms with Crippen molar-refractivity contribution in [2.24, 2.45) is 17.8 Å². The van der Waals surface area contributed by atoms with Crippen molar-refractivity contribution in [2.75, 3.05) is 33.1 Å². The van der Waals surface area contributed by atoms with Crippen LogP contribution in [0.3, 0.4) is 0 Å². The largest absolute Gasteiger partial charge is 0.343 e. The summed E-state index contributed by atoms with van der Waals surface area (Å²) in [6.07, 6.45) is 17.2. The van der Waals surface area contributed by atoms with Gasteiger partial charge < -0.3 is 10.2 Å². The van der Waals surface area contributed by atoms with Crippen molar-refractivity contribution in [3.05, 3.63) is 23.8 Å². The molecule has 0 spiro atoms. The van der Waals surface area contributed by atoms with Gasteiger partial charge in [-0.05, 0) is 68.3 Å². The second kappa shape index (κ2) is 19.0. The molecule has 2 fully saturated rings. The van der Waals surface area contributed by atoms with Gasteiger partial charge in [0.25, 0.3) is 0 Å². The van der Waals surface area contributed by atoms with Crippen LogP contribution in [0.1, 0.15) is 99.8 Å². The van der Waals surface area contributed by atoms with Gasteiger partial charge in [0.15, 0.2) is 0 Å². The van der Waals surface area contributed by atoms with Crippen molar-refractivity contribution in [1.82, 2.24) is 14.5 Å². The van der Waals surface area contributed by atoms with E-state index in [1.807, 2.05) is 25.2 Å². The van der Waals surface area contributed by atoms with Gasteiger partial charge in [0.1, 0.15) is 0 Å². The zero-order valence-electron chi connectivity index (χ0n) is 25.1. The molecule has 1 saturated heterocycles. The van der Waals surface area contributed by atoms with Crippen LogP contribution in [-0.4, -0.2) is 64.3 Å². The molecule has 3 rings (SSSR count). The Morgan fingerprint density at radius 3 is 2.08 bits per heavy atom. The molecule has 212 valence electrons. The fourth-order valence-electron chi connectivity index (χ4n) is 4.87. The Balaban J connectivity index is 0.000000583. The summed E-state index contributed by atoms with van der Waals surface area (Å²) in [4.78, 5) is 13.0. The van der Waals surface area contributed by atoms with Gasteiger partial charge in [-0.2, -0.15) is 0 Å². The van der Waals surface area contributed by atoms with E-state index in [1.54, 1.807) is 24.4 Å². The Morgan fingerprint density at radius 1 is 1.11 bits per heavy atom. The lowest BCUT2D eigenvalue weighted by atomic mass is 9.77. The maximum Gasteiger partial charge on any atom is 0.219 e. The molecule has 1 N–H and O–H groups in total. The van der Waals surface area contributed by atoms with E-state index in [0.29, 0.717) is 5.88 Å². The van der Waals surface area contributed by atoms with Gasteiger partial charge in [0.05, 0.1) is 5.88 Å². The first-order valence-electron chi connectivity index (χ1n) is 14.4. The van der Waals surface area contributed by atoms with Crippen LogP contribution in [-0.2, 0) is 14.5 Å². The molecule has 0 aromatic heterocycles. The molecule has 0 radical (unpaired) electrons. The van der Waals surface area contributed by atoms with Crippen LogP contribution >= 0.6 is 0 Å². The molecule has 6 heteroatoms. The molecular weight excluding hydrogens is 466 g/mol. The predicted octanol–water partition coefficient (Wildman–Crippen LogP) is 6.52. The molecule has 1 heterocycles. The number of amides is 1. The van der Waals surface area contributed by atoms with Crippen molar-refractivity contribution < 1.29 is 9.00 Å². The number of nitrogens with zero attached hydrogens (tertiary/aromatic N) is 2. The molecular formula is C30H59N3O2S. The first kappa shape index (κ1) is 34.9. The highest BCUT2D eigenvalue weighted by Crippen LogP contribution is 2.35. The Labute approximate surface area is 225 Å². The van der Waals surface area contributed by atoms with Crippen LogP contribution in [0.2, 0.25) is 0 Å². The molecule has 1 saturated carbocycles. The molecule has 2 atom stereocenters. The van der Waals surface area contributed by atoms with Crippen molar-refractivity contribution in [3.63, 3.8) is 0 Å². The lowest BCUT2D eigenvalue weighted by Gasteiger charge is -2.37. The van der Waals surface area contributed by atoms with Gasteiger partial charge in [0.2, 0.25) is 5.91 Å². The predicted molar refractivity (Wildman–Crippen MR) is 162 cm³/mol. The minimum Gasteiger partial charge on any atom is -0.343 e. The van der Waals surface area contributed by atoms with Crippen molar-refractivity contribution >= 4 is 21.5 Å². The minimum absolute atomic E-state index is 0.0917. The van der Waals surface area contributed by atoms with E-state index in [-0.39, 0.29) is 11.9 Å². The highest BCUT2D eigenvalue weighted by molar-refractivity contribution is 7.98. The molecule has 0 bridgehead atoms. The van der Waals surface area contributed by atoms with Crippen LogP contribution < -0.4 is 5.32 Å². The number of rotatable bonds is 5. The Kier molecular flexibility index (Phi) is 18.4. The van der Waals surface area contributed by atoms with Crippen molar-refractivity contribution in [3.8, 4) is 0 Å². The average molecular weight is 526 g/mol. The molecule has 1 amide bonds. The third kappa shape index (κ3) is 12.9. The summed E-state index contributed by atoms with van der Waals surface area (Å²) in [6, 6.07) is 0.272. The number of nitrogens with one attached hydrogen (secondary N) is 1. The highest BCUT2D eigenvalue weighted by Gasteiger charge is 2.27. The summed E-state index contributed by atoms with van der Waals surface area (Å²) in [7, 11) is 1.43. The molecule has 36 heavy (non-hydrogen) atoms. The second-order valence-corrected chi connectivity index (χ2v) is 12.9. The molecule has 0 aromatic rings. The summed E-state index contributed by atoms with van der Waals surface area (Å²) in [5.74, 6) is 6.93. The van der Waals surface area contributed by atoms with E-state index < -0.39 is 9.71 Å². The number of carbonyl (C=O) groups excluding carboxylic acids is 1. The summed E-state index contributed by atoms with van der Waals surface area (Å²) < 4.78 is 14.2. The third-order valence-electron chi connectivity index (χ3n) is 7.09. The van der Waals surface area contributed by atoms with Crippen LogP contribution in [0.5, 0.6) is 0 Å². The summed E-state index contributed by atoms with van der Waals surface area (Å²) in [6.45, 7) is 16.0. The fourth-order valence-corrected chi connectivity index (χ4v) is 6.38. The van der Waals surface area contributed by atoms with Gasteiger partial charge in [-0.3, -0.25) is 9.00 Å². The molecule has 5 nitrogen and oxygen atoms in total. The number of hydrogen-bond acceptors (Lipinski definition) is 3. The van der Waals surface area contributed by atoms with E-state index >= 15 is 0 Å². The minimum atomic E-state index is -2.18. The standard InChI is InChI=1S/C14H22.C11H23N3O2S.C3H8.C2H6/c1-11-6-8-13(9-7-11)14-5-3-4-12(2)10-14;1-10(15)13(3)11-5-7-14(8-6-11)17(4,16)9-12-2;1-3-2;1-2/h3,5,10-13H,4,6-9H2,1-2H3;11-12H,4-9H2,1-3H3;3H2,1-2H3;1-2H3. The van der Waals surface area contributed by atoms with E-state index in [9.17, 15) is 9.00 Å². The number of carbonyl (C=O) groups is 1. The van der Waals surface area contributed by atoms with E-state index in [2.05, 4.69) is 57.1 Å². The number of hydrogen-bond donors (Lipinski definition) is 1. The molecule has 1 aliphatic heterocycles. The van der Waals surface area contributed by atoms with Gasteiger partial charge in [0, 0.05) is 42.8 Å². The Hall–Kier alpha value is -1.11. The van der Waals surface area contributed by atoms with Crippen LogP contribution in [0.15, 0.2) is 23.8 Å². The smallest absolute Gasteiger partial charge is 0.219 e. The van der Waals surface area contributed by atoms with Crippen molar-refractivity contribution in [2.45, 2.75) is 106 Å². The fraction of sp³-hybridized carbons (Fsp3) is 0.800. The topological polar surface area (TPSA) is 52.7 Å². The van der Waals surface area contributed by atoms with Gasteiger partial charge >= 0.3 is 0 Å². The maximum atomic E-state index is 12.2. The summed E-state index contributed by atoms with van der Waals surface area (Å²) in [5.41, 5.74) is 1.63. The second-order valence-electron chi connectivity index (χ2n) is 10.5. The van der Waals surface area contributed by atoms with Crippen LogP contribution in [0, 0.1) is 17.8 Å². The monoisotopic (exact) mass is 525 g/mol. The third-order valence-corrected chi connectivity index (χ3v) is 9.14.